The van der Waals surface area contributed by atoms with Gasteiger partial charge in [0, 0.05) is 39.1 Å². The van der Waals surface area contributed by atoms with Crippen molar-refractivity contribution in [1.82, 2.24) is 35.0 Å². The van der Waals surface area contributed by atoms with E-state index in [-0.39, 0.29) is 17.2 Å². The number of carbonyl (C=O) groups is 2. The summed E-state index contributed by atoms with van der Waals surface area (Å²) in [6.07, 6.45) is 3.52. The first kappa shape index (κ1) is 21.5. The lowest BCUT2D eigenvalue weighted by Crippen LogP contribution is -2.34. The summed E-state index contributed by atoms with van der Waals surface area (Å²) in [5, 5.41) is 15.3. The SMILES string of the molecule is Cc1noc(C)c1C(=O)N1CC[C@]2(CCc3nnc(C(=O)NCCN(C)C)n3CC2)C1. The van der Waals surface area contributed by atoms with E-state index in [1.54, 1.807) is 13.8 Å². The average molecular weight is 430 g/mol. The third-order valence-electron chi connectivity index (χ3n) is 6.59. The van der Waals surface area contributed by atoms with Gasteiger partial charge in [-0.15, -0.1) is 10.2 Å². The minimum absolute atomic E-state index is 0.00210. The monoisotopic (exact) mass is 429 g/mol. The Balaban J connectivity index is 1.42. The molecule has 2 aromatic rings. The normalized spacial score (nSPS) is 20.9. The maximum atomic E-state index is 13.1. The number of nitrogens with zero attached hydrogens (tertiary/aromatic N) is 6. The molecule has 0 aliphatic carbocycles. The second-order valence-corrected chi connectivity index (χ2v) is 9.08. The van der Waals surface area contributed by atoms with Crippen molar-refractivity contribution in [2.75, 3.05) is 40.3 Å². The van der Waals surface area contributed by atoms with Crippen molar-refractivity contribution in [1.29, 1.82) is 0 Å². The van der Waals surface area contributed by atoms with Gasteiger partial charge in [-0.2, -0.15) is 0 Å². The number of likely N-dealkylation sites (tertiary alicyclic amines) is 1. The highest BCUT2D eigenvalue weighted by molar-refractivity contribution is 5.96. The number of aryl methyl sites for hydroxylation is 3. The zero-order valence-electron chi connectivity index (χ0n) is 18.8. The van der Waals surface area contributed by atoms with Crippen molar-refractivity contribution in [3.8, 4) is 0 Å². The Morgan fingerprint density at radius 1 is 1.16 bits per heavy atom. The largest absolute Gasteiger partial charge is 0.361 e. The van der Waals surface area contributed by atoms with Gasteiger partial charge in [0.05, 0.1) is 5.69 Å². The van der Waals surface area contributed by atoms with Crippen LogP contribution in [0.5, 0.6) is 0 Å². The van der Waals surface area contributed by atoms with Crippen molar-refractivity contribution >= 4 is 11.8 Å². The van der Waals surface area contributed by atoms with Gasteiger partial charge in [0.2, 0.25) is 5.82 Å². The molecule has 1 saturated heterocycles. The molecule has 4 rings (SSSR count). The molecule has 1 atom stereocenters. The molecule has 0 saturated carbocycles. The van der Waals surface area contributed by atoms with Gasteiger partial charge >= 0.3 is 0 Å². The number of hydrogen-bond donors (Lipinski definition) is 1. The summed E-state index contributed by atoms with van der Waals surface area (Å²) in [5.74, 6) is 1.62. The predicted octanol–water partition coefficient (Wildman–Crippen LogP) is 1.04. The Labute approximate surface area is 182 Å². The van der Waals surface area contributed by atoms with Gasteiger partial charge in [-0.1, -0.05) is 5.16 Å². The quantitative estimate of drug-likeness (QED) is 0.756. The van der Waals surface area contributed by atoms with Gasteiger partial charge in [0.25, 0.3) is 11.8 Å². The van der Waals surface area contributed by atoms with Gasteiger partial charge in [-0.25, -0.2) is 0 Å². The number of carbonyl (C=O) groups excluding carboxylic acids is 2. The van der Waals surface area contributed by atoms with Gasteiger partial charge in [0.15, 0.2) is 0 Å². The molecular weight excluding hydrogens is 398 g/mol. The maximum absolute atomic E-state index is 13.1. The van der Waals surface area contributed by atoms with Crippen molar-refractivity contribution in [2.24, 2.45) is 5.41 Å². The van der Waals surface area contributed by atoms with Crippen LogP contribution in [0.1, 0.15) is 57.5 Å². The van der Waals surface area contributed by atoms with Gasteiger partial charge in [0.1, 0.15) is 17.1 Å². The van der Waals surface area contributed by atoms with E-state index in [0.29, 0.717) is 42.5 Å². The van der Waals surface area contributed by atoms with E-state index in [4.69, 9.17) is 4.52 Å². The van der Waals surface area contributed by atoms with Crippen molar-refractivity contribution in [3.63, 3.8) is 0 Å². The summed E-state index contributed by atoms with van der Waals surface area (Å²) in [5.41, 5.74) is 1.26. The van der Waals surface area contributed by atoms with Crippen LogP contribution < -0.4 is 5.32 Å². The van der Waals surface area contributed by atoms with E-state index in [0.717, 1.165) is 44.6 Å². The molecule has 4 heterocycles. The average Bonchev–Trinajstić information content (AvgIpc) is 3.38. The van der Waals surface area contributed by atoms with E-state index in [9.17, 15) is 9.59 Å². The third kappa shape index (κ3) is 4.21. The summed E-state index contributed by atoms with van der Waals surface area (Å²) in [6.45, 7) is 7.04. The number of aromatic nitrogens is 4. The number of hydrogen-bond acceptors (Lipinski definition) is 7. The molecule has 10 heteroatoms. The lowest BCUT2D eigenvalue weighted by molar-refractivity contribution is 0.0764. The molecule has 1 fully saturated rings. The number of nitrogens with one attached hydrogen (secondary N) is 1. The van der Waals surface area contributed by atoms with Crippen molar-refractivity contribution in [2.45, 2.75) is 46.1 Å². The zero-order valence-corrected chi connectivity index (χ0v) is 18.8. The summed E-state index contributed by atoms with van der Waals surface area (Å²) in [7, 11) is 3.94. The van der Waals surface area contributed by atoms with Crippen LogP contribution in [0.4, 0.5) is 0 Å². The molecule has 0 aromatic carbocycles. The van der Waals surface area contributed by atoms with E-state index in [1.807, 2.05) is 28.5 Å². The van der Waals surface area contributed by atoms with Gasteiger partial charge in [-0.05, 0) is 52.6 Å². The van der Waals surface area contributed by atoms with E-state index in [1.165, 1.54) is 0 Å². The predicted molar refractivity (Wildman–Crippen MR) is 113 cm³/mol. The number of fused-ring (bicyclic) bond motifs is 1. The lowest BCUT2D eigenvalue weighted by atomic mass is 9.80. The second kappa shape index (κ2) is 8.41. The van der Waals surface area contributed by atoms with Gasteiger partial charge in [-0.3, -0.25) is 9.59 Å². The minimum atomic E-state index is -0.182. The topological polar surface area (TPSA) is 109 Å². The Bertz CT molecular complexity index is 960. The molecule has 2 amide bonds. The van der Waals surface area contributed by atoms with Crippen LogP contribution in [0.3, 0.4) is 0 Å². The molecule has 0 radical (unpaired) electrons. The smallest absolute Gasteiger partial charge is 0.289 e. The number of likely N-dealkylation sites (N-methyl/N-ethyl adjacent to an activating group) is 1. The highest BCUT2D eigenvalue weighted by Crippen LogP contribution is 2.41. The summed E-state index contributed by atoms with van der Waals surface area (Å²) in [6, 6.07) is 0. The van der Waals surface area contributed by atoms with Crippen molar-refractivity contribution < 1.29 is 14.1 Å². The number of amides is 2. The van der Waals surface area contributed by atoms with Crippen LogP contribution in [-0.4, -0.2) is 81.8 Å². The maximum Gasteiger partial charge on any atom is 0.289 e. The molecule has 168 valence electrons. The Kier molecular flexibility index (Phi) is 5.83. The molecular formula is C21H31N7O3. The standard InChI is InChI=1S/C21H31N7O3/c1-14-17(15(2)31-25-14)20(30)27-10-7-21(13-27)6-5-16-23-24-18(28(16)11-8-21)19(29)22-9-12-26(3)4/h5-13H2,1-4H3,(H,22,29)/t21-/m0/s1. The van der Waals surface area contributed by atoms with Crippen LogP contribution in [-0.2, 0) is 13.0 Å². The van der Waals surface area contributed by atoms with Crippen molar-refractivity contribution in [3.05, 3.63) is 28.7 Å². The summed E-state index contributed by atoms with van der Waals surface area (Å²) in [4.78, 5) is 29.6. The Morgan fingerprint density at radius 3 is 2.65 bits per heavy atom. The molecule has 0 unspecified atom stereocenters. The van der Waals surface area contributed by atoms with E-state index in [2.05, 4.69) is 20.7 Å². The fraction of sp³-hybridized carbons (Fsp3) is 0.667. The van der Waals surface area contributed by atoms with Crippen LogP contribution in [0.25, 0.3) is 0 Å². The second-order valence-electron chi connectivity index (χ2n) is 9.08. The van der Waals surface area contributed by atoms with E-state index < -0.39 is 0 Å². The zero-order chi connectivity index (χ0) is 22.2. The molecule has 2 aromatic heterocycles. The third-order valence-corrected chi connectivity index (χ3v) is 6.59. The highest BCUT2D eigenvalue weighted by Gasteiger charge is 2.42. The van der Waals surface area contributed by atoms with Crippen LogP contribution in [0.2, 0.25) is 0 Å². The molecule has 31 heavy (non-hydrogen) atoms. The fourth-order valence-electron chi connectivity index (χ4n) is 4.71. The molecule has 2 aliphatic rings. The minimum Gasteiger partial charge on any atom is -0.361 e. The molecule has 1 N–H and O–H groups in total. The summed E-state index contributed by atoms with van der Waals surface area (Å²) >= 11 is 0. The van der Waals surface area contributed by atoms with Crippen LogP contribution >= 0.6 is 0 Å². The number of rotatable bonds is 5. The lowest BCUT2D eigenvalue weighted by Gasteiger charge is -2.27. The molecule has 2 aliphatic heterocycles. The Morgan fingerprint density at radius 2 is 1.94 bits per heavy atom. The highest BCUT2D eigenvalue weighted by atomic mass is 16.5. The molecule has 0 bridgehead atoms. The van der Waals surface area contributed by atoms with Crippen LogP contribution in [0, 0.1) is 19.3 Å². The first-order valence-corrected chi connectivity index (χ1v) is 10.9. The molecule has 10 nitrogen and oxygen atoms in total. The Hall–Kier alpha value is -2.75. The fourth-order valence-corrected chi connectivity index (χ4v) is 4.71. The van der Waals surface area contributed by atoms with Gasteiger partial charge < -0.3 is 24.2 Å². The molecule has 1 spiro atoms. The van der Waals surface area contributed by atoms with E-state index >= 15 is 0 Å². The first-order valence-electron chi connectivity index (χ1n) is 10.9. The first-order chi connectivity index (χ1) is 14.8. The summed E-state index contributed by atoms with van der Waals surface area (Å²) < 4.78 is 7.14. The van der Waals surface area contributed by atoms with Crippen LogP contribution in [0.15, 0.2) is 4.52 Å².